The smallest absolute Gasteiger partial charge is 0.475 e. The third-order valence-corrected chi connectivity index (χ3v) is 8.69. The molecule has 2 aliphatic heterocycles. The normalized spacial score (nSPS) is 18.1. The van der Waals surface area contributed by atoms with E-state index in [0.29, 0.717) is 28.1 Å². The van der Waals surface area contributed by atoms with Crippen LogP contribution in [0.5, 0.6) is 0 Å². The first kappa shape index (κ1) is 28.4. The van der Waals surface area contributed by atoms with E-state index in [1.165, 1.54) is 18.0 Å². The molecule has 0 saturated carbocycles. The van der Waals surface area contributed by atoms with Gasteiger partial charge in [-0.3, -0.25) is 9.08 Å². The molecule has 0 amide bonds. The second-order valence-electron chi connectivity index (χ2n) is 9.25. The summed E-state index contributed by atoms with van der Waals surface area (Å²) in [6.45, 7) is 2.23. The van der Waals surface area contributed by atoms with E-state index in [4.69, 9.17) is 38.8 Å². The number of rotatable bonds is 3. The molecule has 0 bridgehead atoms. The van der Waals surface area contributed by atoms with Gasteiger partial charge in [0.05, 0.1) is 41.5 Å². The summed E-state index contributed by atoms with van der Waals surface area (Å²) < 4.78 is 49.3. The molecule has 6 rings (SSSR count). The zero-order valence-electron chi connectivity index (χ0n) is 20.3. The highest BCUT2D eigenvalue weighted by molar-refractivity contribution is 7.99. The summed E-state index contributed by atoms with van der Waals surface area (Å²) >= 11 is 14.0. The molecular formula is C23H20Cl2F4N8O2S. The van der Waals surface area contributed by atoms with Crippen LogP contribution in [0.3, 0.4) is 0 Å². The third-order valence-electron chi connectivity index (χ3n) is 6.95. The van der Waals surface area contributed by atoms with Gasteiger partial charge in [-0.15, -0.1) is 0 Å². The molecule has 3 N–H and O–H groups in total. The maximum Gasteiger partial charge on any atom is 0.490 e. The number of alkyl halides is 3. The number of aromatic nitrogens is 6. The molecule has 17 heteroatoms. The maximum absolute atomic E-state index is 14.1. The van der Waals surface area contributed by atoms with Crippen molar-refractivity contribution in [3.05, 3.63) is 58.7 Å². The van der Waals surface area contributed by atoms with Crippen molar-refractivity contribution in [3.8, 4) is 0 Å². The predicted octanol–water partition coefficient (Wildman–Crippen LogP) is 4.85. The summed E-state index contributed by atoms with van der Waals surface area (Å²) in [4.78, 5) is 25.4. The van der Waals surface area contributed by atoms with Gasteiger partial charge in [0.15, 0.2) is 11.5 Å². The minimum absolute atomic E-state index is 0.157. The number of aliphatic carboxylic acids is 1. The molecule has 6 heterocycles. The number of hydrogen-bond donors (Lipinski definition) is 2. The standard InChI is InChI=1S/C21H19Cl2FN8S.C2HF3O2/c22-14-8-28-20-17(23)13(1-4-31(14)20)33-16-10-26-15(9-27-16)30-5-2-21(3-6-30)11-32-18(19(21)25)12(24)7-29-32;3-2(4,5)1(6)7/h1,4,7-10,19H,2-3,5-6,11,25H2;(H,6,7)/t19-;/m1./s1. The highest BCUT2D eigenvalue weighted by atomic mass is 35.5. The van der Waals surface area contributed by atoms with E-state index in [9.17, 15) is 17.6 Å². The minimum Gasteiger partial charge on any atom is -0.475 e. The van der Waals surface area contributed by atoms with Crippen LogP contribution in [0.4, 0.5) is 23.4 Å². The van der Waals surface area contributed by atoms with Crippen LogP contribution in [-0.2, 0) is 11.3 Å². The summed E-state index contributed by atoms with van der Waals surface area (Å²) in [5.74, 6) is -2.25. The fraction of sp³-hybridized carbons (Fsp3) is 0.348. The van der Waals surface area contributed by atoms with Gasteiger partial charge in [0.1, 0.15) is 16.0 Å². The Hall–Kier alpha value is -3.14. The van der Waals surface area contributed by atoms with Crippen LogP contribution in [0.2, 0.25) is 10.2 Å². The average Bonchev–Trinajstić information content (AvgIpc) is 3.55. The summed E-state index contributed by atoms with van der Waals surface area (Å²) in [6, 6.07) is 1.55. The second kappa shape index (κ2) is 10.7. The van der Waals surface area contributed by atoms with Crippen LogP contribution in [0, 0.1) is 11.2 Å². The van der Waals surface area contributed by atoms with Gasteiger partial charge in [-0.2, -0.15) is 18.3 Å². The van der Waals surface area contributed by atoms with E-state index in [2.05, 4.69) is 25.0 Å². The minimum atomic E-state index is -5.08. The third kappa shape index (κ3) is 5.30. The fourth-order valence-corrected chi connectivity index (χ4v) is 6.08. The SMILES string of the molecule is N[C@@H]1c2c(F)cnn2CC12CCN(c1cnc(Sc3ccn4c(Cl)cnc4c3Cl)cn1)CC2.O=C(O)C(F)(F)F. The molecule has 0 aromatic carbocycles. The summed E-state index contributed by atoms with van der Waals surface area (Å²) in [5, 5.41) is 13.0. The first-order valence-electron chi connectivity index (χ1n) is 11.7. The zero-order chi connectivity index (χ0) is 28.8. The average molecular weight is 619 g/mol. The van der Waals surface area contributed by atoms with Crippen molar-refractivity contribution in [2.45, 2.75) is 41.5 Å². The number of pyridine rings is 1. The Balaban J connectivity index is 0.000000411. The van der Waals surface area contributed by atoms with Crippen molar-refractivity contribution in [3.63, 3.8) is 0 Å². The number of piperidine rings is 1. The summed E-state index contributed by atoms with van der Waals surface area (Å²) in [7, 11) is 0. The van der Waals surface area contributed by atoms with Crippen LogP contribution < -0.4 is 10.6 Å². The highest BCUT2D eigenvalue weighted by Crippen LogP contribution is 2.48. The lowest BCUT2D eigenvalue weighted by Gasteiger charge is -2.41. The molecule has 212 valence electrons. The van der Waals surface area contributed by atoms with Crippen molar-refractivity contribution in [1.82, 2.24) is 29.1 Å². The molecule has 0 unspecified atom stereocenters. The number of anilines is 1. The van der Waals surface area contributed by atoms with E-state index < -0.39 is 12.1 Å². The van der Waals surface area contributed by atoms with Crippen molar-refractivity contribution in [2.24, 2.45) is 11.1 Å². The number of imidazole rings is 1. The van der Waals surface area contributed by atoms with E-state index >= 15 is 0 Å². The Labute approximate surface area is 238 Å². The lowest BCUT2D eigenvalue weighted by molar-refractivity contribution is -0.192. The number of halogens is 6. The Morgan fingerprint density at radius 3 is 2.42 bits per heavy atom. The van der Waals surface area contributed by atoms with Gasteiger partial charge in [-0.1, -0.05) is 35.0 Å². The quantitative estimate of drug-likeness (QED) is 0.310. The van der Waals surface area contributed by atoms with E-state index in [1.807, 2.05) is 12.3 Å². The highest BCUT2D eigenvalue weighted by Gasteiger charge is 2.48. The Bertz CT molecular complexity index is 1550. The number of fused-ring (bicyclic) bond motifs is 2. The van der Waals surface area contributed by atoms with Crippen molar-refractivity contribution in [2.75, 3.05) is 18.0 Å². The molecule has 10 nitrogen and oxygen atoms in total. The molecule has 1 spiro atoms. The number of hydrogen-bond acceptors (Lipinski definition) is 8. The molecule has 1 saturated heterocycles. The van der Waals surface area contributed by atoms with Crippen molar-refractivity contribution < 1.29 is 27.5 Å². The van der Waals surface area contributed by atoms with Gasteiger partial charge < -0.3 is 15.7 Å². The Morgan fingerprint density at radius 2 is 1.82 bits per heavy atom. The van der Waals surface area contributed by atoms with E-state index in [-0.39, 0.29) is 17.3 Å². The van der Waals surface area contributed by atoms with Crippen LogP contribution in [0.1, 0.15) is 24.6 Å². The predicted molar refractivity (Wildman–Crippen MR) is 138 cm³/mol. The molecule has 40 heavy (non-hydrogen) atoms. The lowest BCUT2D eigenvalue weighted by atomic mass is 9.73. The topological polar surface area (TPSA) is 127 Å². The van der Waals surface area contributed by atoms with Crippen LogP contribution in [-0.4, -0.2) is 59.5 Å². The molecule has 0 radical (unpaired) electrons. The lowest BCUT2D eigenvalue weighted by Crippen LogP contribution is -2.45. The van der Waals surface area contributed by atoms with Gasteiger partial charge in [-0.25, -0.2) is 24.1 Å². The van der Waals surface area contributed by atoms with Crippen LogP contribution in [0.25, 0.3) is 5.65 Å². The van der Waals surface area contributed by atoms with E-state index in [0.717, 1.165) is 41.7 Å². The van der Waals surface area contributed by atoms with Gasteiger partial charge in [0.2, 0.25) is 0 Å². The molecule has 1 fully saturated rings. The number of carbonyl (C=O) groups is 1. The maximum atomic E-state index is 14.1. The monoisotopic (exact) mass is 618 g/mol. The molecule has 2 aliphatic rings. The molecule has 1 atom stereocenters. The largest absolute Gasteiger partial charge is 0.490 e. The van der Waals surface area contributed by atoms with E-state index in [1.54, 1.807) is 27.7 Å². The van der Waals surface area contributed by atoms with Gasteiger partial charge in [-0.05, 0) is 18.9 Å². The molecule has 0 aliphatic carbocycles. The molecule has 4 aromatic rings. The summed E-state index contributed by atoms with van der Waals surface area (Å²) in [5.41, 5.74) is 7.42. The molecular weight excluding hydrogens is 599 g/mol. The van der Waals surface area contributed by atoms with Gasteiger partial charge in [0.25, 0.3) is 0 Å². The summed E-state index contributed by atoms with van der Waals surface area (Å²) in [6.07, 6.45) is 4.78. The first-order valence-corrected chi connectivity index (χ1v) is 13.3. The molecule has 4 aromatic heterocycles. The van der Waals surface area contributed by atoms with Gasteiger partial charge >= 0.3 is 12.1 Å². The second-order valence-corrected chi connectivity index (χ2v) is 11.1. The van der Waals surface area contributed by atoms with Gasteiger partial charge in [0, 0.05) is 36.1 Å². The fourth-order valence-electron chi connectivity index (χ4n) is 4.83. The first-order chi connectivity index (χ1) is 18.9. The van der Waals surface area contributed by atoms with Crippen LogP contribution >= 0.6 is 35.0 Å². The number of nitrogens with two attached hydrogens (primary N) is 1. The van der Waals surface area contributed by atoms with Crippen LogP contribution in [0.15, 0.2) is 47.0 Å². The van der Waals surface area contributed by atoms with Crippen molar-refractivity contribution >= 4 is 52.4 Å². The number of nitrogens with zero attached hydrogens (tertiary/aromatic N) is 7. The Morgan fingerprint density at radius 1 is 1.12 bits per heavy atom. The number of carboxylic acid groups (broad SMARTS) is 1. The zero-order valence-corrected chi connectivity index (χ0v) is 22.6. The van der Waals surface area contributed by atoms with Crippen molar-refractivity contribution in [1.29, 1.82) is 0 Å². The number of carboxylic acids is 1. The Kier molecular flexibility index (Phi) is 7.58.